The molecule has 0 bridgehead atoms. The molecule has 0 radical (unpaired) electrons. The SMILES string of the molecule is COc1ccc(Cc2ccsc2S(N)(=O)=O)cc1. The maximum Gasteiger partial charge on any atom is 0.247 e. The second kappa shape index (κ2) is 5.09. The second-order valence-electron chi connectivity index (χ2n) is 3.80. The summed E-state index contributed by atoms with van der Waals surface area (Å²) >= 11 is 1.15. The summed E-state index contributed by atoms with van der Waals surface area (Å²) in [5.41, 5.74) is 1.74. The van der Waals surface area contributed by atoms with Gasteiger partial charge in [-0.2, -0.15) is 0 Å². The Morgan fingerprint density at radius 1 is 1.22 bits per heavy atom. The van der Waals surface area contributed by atoms with Gasteiger partial charge in [-0.3, -0.25) is 0 Å². The first-order chi connectivity index (χ1) is 8.50. The second-order valence-corrected chi connectivity index (χ2v) is 6.48. The third-order valence-electron chi connectivity index (χ3n) is 2.52. The summed E-state index contributed by atoms with van der Waals surface area (Å²) in [6, 6.07) is 9.29. The lowest BCUT2D eigenvalue weighted by Crippen LogP contribution is -2.12. The van der Waals surface area contributed by atoms with Crippen molar-refractivity contribution >= 4 is 21.4 Å². The molecule has 96 valence electrons. The van der Waals surface area contributed by atoms with E-state index in [0.717, 1.165) is 28.2 Å². The average Bonchev–Trinajstić information content (AvgIpc) is 2.78. The summed E-state index contributed by atoms with van der Waals surface area (Å²) in [4.78, 5) is 0. The van der Waals surface area contributed by atoms with Gasteiger partial charge in [-0.1, -0.05) is 12.1 Å². The van der Waals surface area contributed by atoms with Crippen LogP contribution in [0.2, 0.25) is 0 Å². The minimum atomic E-state index is -3.63. The van der Waals surface area contributed by atoms with Crippen LogP contribution < -0.4 is 9.88 Å². The number of sulfonamides is 1. The third kappa shape index (κ3) is 2.90. The van der Waals surface area contributed by atoms with Crippen LogP contribution in [0, 0.1) is 0 Å². The predicted molar refractivity (Wildman–Crippen MR) is 71.5 cm³/mol. The predicted octanol–water partition coefficient (Wildman–Crippen LogP) is 1.99. The molecule has 0 aliphatic rings. The Labute approximate surface area is 110 Å². The van der Waals surface area contributed by atoms with Crippen LogP contribution in [-0.4, -0.2) is 15.5 Å². The van der Waals surface area contributed by atoms with Gasteiger partial charge in [0.25, 0.3) is 0 Å². The lowest BCUT2D eigenvalue weighted by molar-refractivity contribution is 0.414. The van der Waals surface area contributed by atoms with Crippen LogP contribution in [-0.2, 0) is 16.4 Å². The minimum Gasteiger partial charge on any atom is -0.497 e. The van der Waals surface area contributed by atoms with Gasteiger partial charge in [-0.25, -0.2) is 13.6 Å². The molecule has 6 heteroatoms. The zero-order chi connectivity index (χ0) is 13.2. The molecular formula is C12H13NO3S2. The standard InChI is InChI=1S/C12H13NO3S2/c1-16-11-4-2-9(3-5-11)8-10-6-7-17-12(10)18(13,14)15/h2-7H,8H2,1H3,(H2,13,14,15). The van der Waals surface area contributed by atoms with Gasteiger partial charge in [0.2, 0.25) is 10.0 Å². The van der Waals surface area contributed by atoms with Crippen LogP contribution in [0.3, 0.4) is 0 Å². The number of hydrogen-bond acceptors (Lipinski definition) is 4. The summed E-state index contributed by atoms with van der Waals surface area (Å²) < 4.78 is 28.1. The molecule has 1 aromatic carbocycles. The van der Waals surface area contributed by atoms with E-state index < -0.39 is 10.0 Å². The van der Waals surface area contributed by atoms with Gasteiger partial charge >= 0.3 is 0 Å². The van der Waals surface area contributed by atoms with E-state index >= 15 is 0 Å². The number of thiophene rings is 1. The first-order valence-electron chi connectivity index (χ1n) is 5.23. The van der Waals surface area contributed by atoms with E-state index in [-0.39, 0.29) is 4.21 Å². The van der Waals surface area contributed by atoms with Gasteiger partial charge in [0.1, 0.15) is 9.96 Å². The maximum atomic E-state index is 11.4. The topological polar surface area (TPSA) is 69.4 Å². The fourth-order valence-electron chi connectivity index (χ4n) is 1.67. The normalized spacial score (nSPS) is 11.4. The molecule has 0 spiro atoms. The Morgan fingerprint density at radius 2 is 1.89 bits per heavy atom. The molecule has 0 unspecified atom stereocenters. The fraction of sp³-hybridized carbons (Fsp3) is 0.167. The van der Waals surface area contributed by atoms with E-state index in [1.165, 1.54) is 0 Å². The van der Waals surface area contributed by atoms with Crippen molar-refractivity contribution in [1.29, 1.82) is 0 Å². The zero-order valence-corrected chi connectivity index (χ0v) is 11.4. The number of nitrogens with two attached hydrogens (primary N) is 1. The van der Waals surface area contributed by atoms with Crippen LogP contribution >= 0.6 is 11.3 Å². The molecule has 0 atom stereocenters. The van der Waals surface area contributed by atoms with E-state index in [1.807, 2.05) is 24.3 Å². The summed E-state index contributed by atoms with van der Waals surface area (Å²) in [7, 11) is -2.03. The lowest BCUT2D eigenvalue weighted by Gasteiger charge is -2.04. The Hall–Kier alpha value is -1.37. The summed E-state index contributed by atoms with van der Waals surface area (Å²) in [6.45, 7) is 0. The van der Waals surface area contributed by atoms with Crippen molar-refractivity contribution in [2.24, 2.45) is 5.14 Å². The summed E-state index contributed by atoms with van der Waals surface area (Å²) in [5, 5.41) is 6.90. The summed E-state index contributed by atoms with van der Waals surface area (Å²) in [5.74, 6) is 0.774. The maximum absolute atomic E-state index is 11.4. The molecular weight excluding hydrogens is 270 g/mol. The lowest BCUT2D eigenvalue weighted by atomic mass is 10.1. The Bertz CT molecular complexity index is 630. The first-order valence-corrected chi connectivity index (χ1v) is 7.65. The zero-order valence-electron chi connectivity index (χ0n) is 9.79. The van der Waals surface area contributed by atoms with Crippen molar-refractivity contribution in [2.75, 3.05) is 7.11 Å². The Kier molecular flexibility index (Phi) is 3.70. The van der Waals surface area contributed by atoms with E-state index in [0.29, 0.717) is 6.42 Å². The molecule has 1 heterocycles. The van der Waals surface area contributed by atoms with Crippen LogP contribution in [0.4, 0.5) is 0 Å². The van der Waals surface area contributed by atoms with Crippen LogP contribution in [0.5, 0.6) is 5.75 Å². The van der Waals surface area contributed by atoms with Crippen molar-refractivity contribution in [3.05, 3.63) is 46.8 Å². The number of hydrogen-bond donors (Lipinski definition) is 1. The smallest absolute Gasteiger partial charge is 0.247 e. The fourth-order valence-corrected chi connectivity index (χ4v) is 3.52. The van der Waals surface area contributed by atoms with Crippen LogP contribution in [0.25, 0.3) is 0 Å². The molecule has 0 aliphatic carbocycles. The number of primary sulfonamides is 1. The molecule has 4 nitrogen and oxygen atoms in total. The Balaban J connectivity index is 2.26. The minimum absolute atomic E-state index is 0.235. The van der Waals surface area contributed by atoms with Gasteiger partial charge in [0.15, 0.2) is 0 Å². The molecule has 0 saturated heterocycles. The summed E-state index contributed by atoms with van der Waals surface area (Å²) in [6.07, 6.45) is 0.541. The number of methoxy groups -OCH3 is 1. The van der Waals surface area contributed by atoms with Crippen molar-refractivity contribution in [2.45, 2.75) is 10.6 Å². The van der Waals surface area contributed by atoms with Gasteiger partial charge < -0.3 is 4.74 Å². The average molecular weight is 283 g/mol. The van der Waals surface area contributed by atoms with Gasteiger partial charge in [-0.05, 0) is 41.1 Å². The highest BCUT2D eigenvalue weighted by atomic mass is 32.2. The van der Waals surface area contributed by atoms with E-state index in [4.69, 9.17) is 9.88 Å². The van der Waals surface area contributed by atoms with E-state index in [1.54, 1.807) is 18.6 Å². The monoisotopic (exact) mass is 283 g/mol. The van der Waals surface area contributed by atoms with E-state index in [2.05, 4.69) is 0 Å². The molecule has 2 N–H and O–H groups in total. The van der Waals surface area contributed by atoms with Crippen LogP contribution in [0.1, 0.15) is 11.1 Å². The van der Waals surface area contributed by atoms with Gasteiger partial charge in [0.05, 0.1) is 7.11 Å². The molecule has 2 rings (SSSR count). The van der Waals surface area contributed by atoms with Crippen LogP contribution in [0.15, 0.2) is 39.9 Å². The highest BCUT2D eigenvalue weighted by Gasteiger charge is 2.15. The first kappa shape index (κ1) is 13.1. The third-order valence-corrected chi connectivity index (χ3v) is 5.03. The molecule has 0 saturated carbocycles. The molecule has 0 amide bonds. The van der Waals surface area contributed by atoms with Crippen molar-refractivity contribution in [3.8, 4) is 5.75 Å². The van der Waals surface area contributed by atoms with Crippen molar-refractivity contribution < 1.29 is 13.2 Å². The number of benzene rings is 1. The molecule has 1 aromatic heterocycles. The molecule has 0 aliphatic heterocycles. The largest absolute Gasteiger partial charge is 0.497 e. The number of rotatable bonds is 4. The molecule has 2 aromatic rings. The number of ether oxygens (including phenoxy) is 1. The quantitative estimate of drug-likeness (QED) is 0.933. The van der Waals surface area contributed by atoms with Gasteiger partial charge in [-0.15, -0.1) is 11.3 Å². The molecule has 18 heavy (non-hydrogen) atoms. The van der Waals surface area contributed by atoms with Gasteiger partial charge in [0, 0.05) is 0 Å². The van der Waals surface area contributed by atoms with Crippen molar-refractivity contribution in [3.63, 3.8) is 0 Å². The highest BCUT2D eigenvalue weighted by Crippen LogP contribution is 2.24. The van der Waals surface area contributed by atoms with Crippen molar-refractivity contribution in [1.82, 2.24) is 0 Å². The molecule has 0 fully saturated rings. The highest BCUT2D eigenvalue weighted by molar-refractivity contribution is 7.91. The Morgan fingerprint density at radius 3 is 2.44 bits per heavy atom. The van der Waals surface area contributed by atoms with E-state index in [9.17, 15) is 8.42 Å².